The molecule has 6 nitrogen and oxygen atoms in total. The minimum atomic E-state index is -0.626. The van der Waals surface area contributed by atoms with Gasteiger partial charge in [-0.15, -0.1) is 0 Å². The van der Waals surface area contributed by atoms with Gasteiger partial charge in [-0.25, -0.2) is 4.79 Å². The molecule has 0 saturated heterocycles. The summed E-state index contributed by atoms with van der Waals surface area (Å²) in [6.45, 7) is 5.51. The zero-order chi connectivity index (χ0) is 16.5. The second-order valence-electron chi connectivity index (χ2n) is 6.20. The standard InChI is InChI=1S/C16H17NO5/c1-16(2,3)14(18)7-6-12-8-10-4-5-11(17(20)21)9-13(10)15(19)22-12/h4-5,8-9H,6-7H2,1-3H3. The summed E-state index contributed by atoms with van der Waals surface area (Å²) in [6, 6.07) is 5.70. The van der Waals surface area contributed by atoms with Crippen molar-refractivity contribution < 1.29 is 14.1 Å². The van der Waals surface area contributed by atoms with E-state index in [4.69, 9.17) is 4.42 Å². The SMILES string of the molecule is CC(C)(C)C(=O)CCc1cc2ccc([N+](=O)[O-])cc2c(=O)o1. The van der Waals surface area contributed by atoms with E-state index in [2.05, 4.69) is 0 Å². The molecular weight excluding hydrogens is 286 g/mol. The molecule has 0 aliphatic heterocycles. The Hall–Kier alpha value is -2.50. The molecule has 22 heavy (non-hydrogen) atoms. The summed E-state index contributed by atoms with van der Waals surface area (Å²) < 4.78 is 5.16. The Bertz CT molecular complexity index is 798. The van der Waals surface area contributed by atoms with Crippen molar-refractivity contribution in [1.82, 2.24) is 0 Å². The maximum Gasteiger partial charge on any atom is 0.344 e. The lowest BCUT2D eigenvalue weighted by molar-refractivity contribution is -0.384. The average molecular weight is 303 g/mol. The van der Waals surface area contributed by atoms with Crippen LogP contribution in [0, 0.1) is 15.5 Å². The fraction of sp³-hybridized carbons (Fsp3) is 0.375. The summed E-state index contributed by atoms with van der Waals surface area (Å²) in [5, 5.41) is 11.5. The number of nitro benzene ring substituents is 1. The second kappa shape index (κ2) is 5.71. The molecule has 0 amide bonds. The van der Waals surface area contributed by atoms with Crippen LogP contribution in [0.5, 0.6) is 0 Å². The minimum Gasteiger partial charge on any atom is -0.427 e. The van der Waals surface area contributed by atoms with E-state index in [9.17, 15) is 19.7 Å². The highest BCUT2D eigenvalue weighted by Gasteiger charge is 2.21. The lowest BCUT2D eigenvalue weighted by atomic mass is 9.88. The van der Waals surface area contributed by atoms with E-state index >= 15 is 0 Å². The van der Waals surface area contributed by atoms with Gasteiger partial charge in [-0.2, -0.15) is 0 Å². The van der Waals surface area contributed by atoms with Crippen molar-refractivity contribution in [3.8, 4) is 0 Å². The topological polar surface area (TPSA) is 90.4 Å². The van der Waals surface area contributed by atoms with Gasteiger partial charge in [0.05, 0.1) is 10.3 Å². The first-order valence-corrected chi connectivity index (χ1v) is 6.93. The molecule has 0 fully saturated rings. The van der Waals surface area contributed by atoms with Gasteiger partial charge in [-0.1, -0.05) is 20.8 Å². The van der Waals surface area contributed by atoms with Gasteiger partial charge in [-0.05, 0) is 17.5 Å². The van der Waals surface area contributed by atoms with Crippen molar-refractivity contribution in [2.75, 3.05) is 0 Å². The number of carbonyl (C=O) groups is 1. The molecule has 0 saturated carbocycles. The number of nitro groups is 1. The maximum absolute atomic E-state index is 11.9. The molecule has 6 heteroatoms. The van der Waals surface area contributed by atoms with Crippen LogP contribution < -0.4 is 5.63 Å². The molecule has 1 heterocycles. The number of aryl methyl sites for hydroxylation is 1. The predicted octanol–water partition coefficient (Wildman–Crippen LogP) is 3.25. The fourth-order valence-electron chi connectivity index (χ4n) is 2.07. The molecule has 0 bridgehead atoms. The Morgan fingerprint density at radius 3 is 2.55 bits per heavy atom. The number of Topliss-reactive ketones (excluding diaryl/α,β-unsaturated/α-hetero) is 1. The molecule has 2 rings (SSSR count). The molecule has 1 aromatic heterocycles. The van der Waals surface area contributed by atoms with Crippen molar-refractivity contribution in [2.24, 2.45) is 5.41 Å². The molecule has 116 valence electrons. The summed E-state index contributed by atoms with van der Waals surface area (Å²) in [6.07, 6.45) is 0.614. The molecule has 0 unspecified atom stereocenters. The molecule has 2 aromatic rings. The number of hydrogen-bond donors (Lipinski definition) is 0. The first kappa shape index (κ1) is 15.9. The fourth-order valence-corrected chi connectivity index (χ4v) is 2.07. The summed E-state index contributed by atoms with van der Waals surface area (Å²) in [7, 11) is 0. The van der Waals surface area contributed by atoms with Gasteiger partial charge < -0.3 is 4.42 Å². The van der Waals surface area contributed by atoms with Crippen molar-refractivity contribution in [3.05, 3.63) is 50.6 Å². The first-order chi connectivity index (χ1) is 10.2. The number of benzene rings is 1. The van der Waals surface area contributed by atoms with Crippen molar-refractivity contribution in [1.29, 1.82) is 0 Å². The maximum atomic E-state index is 11.9. The molecule has 0 spiro atoms. The van der Waals surface area contributed by atoms with E-state index in [1.165, 1.54) is 18.2 Å². The molecule has 0 aliphatic rings. The van der Waals surface area contributed by atoms with E-state index in [-0.39, 0.29) is 23.3 Å². The van der Waals surface area contributed by atoms with Gasteiger partial charge >= 0.3 is 5.63 Å². The van der Waals surface area contributed by atoms with Gasteiger partial charge in [0.25, 0.3) is 5.69 Å². The predicted molar refractivity (Wildman–Crippen MR) is 81.9 cm³/mol. The summed E-state index contributed by atoms with van der Waals surface area (Å²) in [5.74, 6) is 0.489. The number of rotatable bonds is 4. The molecule has 0 N–H and O–H groups in total. The van der Waals surface area contributed by atoms with Crippen LogP contribution in [0.3, 0.4) is 0 Å². The zero-order valence-electron chi connectivity index (χ0n) is 12.7. The highest BCUT2D eigenvalue weighted by atomic mass is 16.6. The monoisotopic (exact) mass is 303 g/mol. The number of fused-ring (bicyclic) bond motifs is 1. The summed E-state index contributed by atoms with van der Waals surface area (Å²) in [4.78, 5) is 34.0. The van der Waals surface area contributed by atoms with E-state index in [1.807, 2.05) is 20.8 Å². The third-order valence-electron chi connectivity index (χ3n) is 3.44. The van der Waals surface area contributed by atoms with Crippen LogP contribution in [0.15, 0.2) is 33.5 Å². The van der Waals surface area contributed by atoms with Gasteiger partial charge in [0.2, 0.25) is 0 Å². The highest BCUT2D eigenvalue weighted by molar-refractivity contribution is 5.85. The lowest BCUT2D eigenvalue weighted by Gasteiger charge is -2.15. The average Bonchev–Trinajstić information content (AvgIpc) is 2.43. The number of non-ortho nitro benzene ring substituents is 1. The Morgan fingerprint density at radius 2 is 1.95 bits per heavy atom. The summed E-state index contributed by atoms with van der Waals surface area (Å²) in [5.41, 5.74) is -1.22. The minimum absolute atomic E-state index is 0.0824. The van der Waals surface area contributed by atoms with Gasteiger partial charge in [-0.3, -0.25) is 14.9 Å². The smallest absolute Gasteiger partial charge is 0.344 e. The number of hydrogen-bond acceptors (Lipinski definition) is 5. The third kappa shape index (κ3) is 3.39. The lowest BCUT2D eigenvalue weighted by Crippen LogP contribution is -2.20. The van der Waals surface area contributed by atoms with Gasteiger partial charge in [0.15, 0.2) is 0 Å². The normalized spacial score (nSPS) is 11.6. The Kier molecular flexibility index (Phi) is 4.12. The number of nitrogens with zero attached hydrogens (tertiary/aromatic N) is 1. The Balaban J connectivity index is 2.31. The quantitative estimate of drug-likeness (QED) is 0.638. The van der Waals surface area contributed by atoms with Gasteiger partial charge in [0, 0.05) is 30.4 Å². The zero-order valence-corrected chi connectivity index (χ0v) is 12.7. The van der Waals surface area contributed by atoms with Crippen molar-refractivity contribution in [3.63, 3.8) is 0 Å². The van der Waals surface area contributed by atoms with Gasteiger partial charge in [0.1, 0.15) is 11.5 Å². The van der Waals surface area contributed by atoms with E-state index in [0.717, 1.165) is 0 Å². The van der Waals surface area contributed by atoms with Crippen LogP contribution in [0.1, 0.15) is 33.0 Å². The van der Waals surface area contributed by atoms with Crippen LogP contribution in [0.4, 0.5) is 5.69 Å². The second-order valence-corrected chi connectivity index (χ2v) is 6.20. The molecule has 1 aromatic carbocycles. The van der Waals surface area contributed by atoms with Crippen molar-refractivity contribution >= 4 is 22.2 Å². The largest absolute Gasteiger partial charge is 0.427 e. The Labute approximate surface area is 126 Å². The van der Waals surface area contributed by atoms with Crippen LogP contribution >= 0.6 is 0 Å². The molecule has 0 aliphatic carbocycles. The van der Waals surface area contributed by atoms with Crippen LogP contribution in [-0.2, 0) is 11.2 Å². The van der Waals surface area contributed by atoms with Crippen molar-refractivity contribution in [2.45, 2.75) is 33.6 Å². The van der Waals surface area contributed by atoms with Crippen LogP contribution in [-0.4, -0.2) is 10.7 Å². The molecule has 0 atom stereocenters. The first-order valence-electron chi connectivity index (χ1n) is 6.93. The van der Waals surface area contributed by atoms with E-state index in [0.29, 0.717) is 17.6 Å². The van der Waals surface area contributed by atoms with Crippen LogP contribution in [0.2, 0.25) is 0 Å². The van der Waals surface area contributed by atoms with Crippen LogP contribution in [0.25, 0.3) is 10.8 Å². The molecular formula is C16H17NO5. The van der Waals surface area contributed by atoms with E-state index in [1.54, 1.807) is 6.07 Å². The van der Waals surface area contributed by atoms with E-state index < -0.39 is 16.0 Å². The molecule has 0 radical (unpaired) electrons. The Morgan fingerprint density at radius 1 is 1.27 bits per heavy atom. The number of carbonyl (C=O) groups excluding carboxylic acids is 1. The highest BCUT2D eigenvalue weighted by Crippen LogP contribution is 2.21. The summed E-state index contributed by atoms with van der Waals surface area (Å²) >= 11 is 0. The number of ketones is 1. The third-order valence-corrected chi connectivity index (χ3v) is 3.44.